The van der Waals surface area contributed by atoms with Crippen molar-refractivity contribution in [3.63, 3.8) is 0 Å². The van der Waals surface area contributed by atoms with Gasteiger partial charge >= 0.3 is 0 Å². The Labute approximate surface area is 156 Å². The molecule has 2 N–H and O–H groups in total. The molecule has 0 atom stereocenters. The third-order valence-corrected chi connectivity index (χ3v) is 4.75. The number of nitrogens with one attached hydrogen (secondary N) is 2. The first-order chi connectivity index (χ1) is 13.2. The summed E-state index contributed by atoms with van der Waals surface area (Å²) in [6.45, 7) is 2.68. The van der Waals surface area contributed by atoms with Gasteiger partial charge in [-0.05, 0) is 23.3 Å². The first kappa shape index (κ1) is 17.4. The van der Waals surface area contributed by atoms with Gasteiger partial charge in [0.1, 0.15) is 5.82 Å². The van der Waals surface area contributed by atoms with E-state index in [-0.39, 0.29) is 11.4 Å². The van der Waals surface area contributed by atoms with E-state index in [0.717, 1.165) is 36.3 Å². The van der Waals surface area contributed by atoms with Crippen molar-refractivity contribution in [2.75, 3.05) is 11.9 Å². The van der Waals surface area contributed by atoms with Gasteiger partial charge in [0.25, 0.3) is 5.56 Å². The van der Waals surface area contributed by atoms with E-state index in [0.29, 0.717) is 19.0 Å². The molecule has 4 rings (SSSR count). The Bertz CT molecular complexity index is 987. The minimum Gasteiger partial charge on any atom is -0.352 e. The molecule has 0 spiro atoms. The molecular formula is C21H21FN4O. The Hall–Kier alpha value is -2.99. The Balaban J connectivity index is 1.45. The Morgan fingerprint density at radius 2 is 1.93 bits per heavy atom. The monoisotopic (exact) mass is 364 g/mol. The van der Waals surface area contributed by atoms with Crippen LogP contribution in [0.2, 0.25) is 0 Å². The number of aromatic amines is 1. The van der Waals surface area contributed by atoms with Crippen molar-refractivity contribution in [2.24, 2.45) is 0 Å². The minimum absolute atomic E-state index is 0.112. The molecule has 2 aromatic carbocycles. The number of H-pyrrole nitrogens is 1. The molecule has 1 aromatic heterocycles. The third kappa shape index (κ3) is 4.23. The predicted molar refractivity (Wildman–Crippen MR) is 103 cm³/mol. The molecule has 6 heteroatoms. The SMILES string of the molecule is O=c1[nH]c(NCc2cccc(F)c2)nc2c1CN(Cc1ccccc1)CC2. The Morgan fingerprint density at radius 3 is 2.74 bits per heavy atom. The van der Waals surface area contributed by atoms with Crippen molar-refractivity contribution in [1.82, 2.24) is 14.9 Å². The molecular weight excluding hydrogens is 343 g/mol. The fourth-order valence-corrected chi connectivity index (χ4v) is 3.37. The van der Waals surface area contributed by atoms with E-state index in [2.05, 4.69) is 32.3 Å². The van der Waals surface area contributed by atoms with Crippen LogP contribution in [0.15, 0.2) is 59.4 Å². The van der Waals surface area contributed by atoms with E-state index in [4.69, 9.17) is 0 Å². The molecule has 0 saturated heterocycles. The highest BCUT2D eigenvalue weighted by Gasteiger charge is 2.21. The first-order valence-corrected chi connectivity index (χ1v) is 9.04. The third-order valence-electron chi connectivity index (χ3n) is 4.75. The van der Waals surface area contributed by atoms with Gasteiger partial charge in [-0.3, -0.25) is 14.7 Å². The molecule has 2 heterocycles. The van der Waals surface area contributed by atoms with E-state index in [1.165, 1.54) is 17.7 Å². The number of hydrogen-bond acceptors (Lipinski definition) is 4. The van der Waals surface area contributed by atoms with Gasteiger partial charge in [0, 0.05) is 32.6 Å². The standard InChI is InChI=1S/C21H21FN4O/c22-17-8-4-7-16(11-17)12-23-21-24-19-9-10-26(14-18(19)20(27)25-21)13-15-5-2-1-3-6-15/h1-8,11H,9-10,12-14H2,(H2,23,24,25,27). The van der Waals surface area contributed by atoms with Gasteiger partial charge in [0.2, 0.25) is 5.95 Å². The van der Waals surface area contributed by atoms with Crippen LogP contribution in [0.4, 0.5) is 10.3 Å². The number of anilines is 1. The number of rotatable bonds is 5. The lowest BCUT2D eigenvalue weighted by Gasteiger charge is -2.27. The van der Waals surface area contributed by atoms with Crippen molar-refractivity contribution >= 4 is 5.95 Å². The molecule has 1 aliphatic rings. The summed E-state index contributed by atoms with van der Waals surface area (Å²) in [6.07, 6.45) is 0.737. The molecule has 0 radical (unpaired) electrons. The average Bonchev–Trinajstić information content (AvgIpc) is 2.68. The van der Waals surface area contributed by atoms with Crippen LogP contribution in [0.25, 0.3) is 0 Å². The van der Waals surface area contributed by atoms with Crippen LogP contribution in [-0.4, -0.2) is 21.4 Å². The molecule has 0 fully saturated rings. The zero-order valence-electron chi connectivity index (χ0n) is 14.9. The molecule has 27 heavy (non-hydrogen) atoms. The van der Waals surface area contributed by atoms with E-state index >= 15 is 0 Å². The van der Waals surface area contributed by atoms with Crippen molar-refractivity contribution in [3.05, 3.63) is 93.2 Å². The minimum atomic E-state index is -0.278. The molecule has 1 aliphatic heterocycles. The first-order valence-electron chi connectivity index (χ1n) is 9.04. The predicted octanol–water partition coefficient (Wildman–Crippen LogP) is 3.08. The highest BCUT2D eigenvalue weighted by atomic mass is 19.1. The van der Waals surface area contributed by atoms with Crippen molar-refractivity contribution in [2.45, 2.75) is 26.1 Å². The topological polar surface area (TPSA) is 61.0 Å². The van der Waals surface area contributed by atoms with E-state index in [9.17, 15) is 9.18 Å². The van der Waals surface area contributed by atoms with Gasteiger partial charge < -0.3 is 5.32 Å². The fourth-order valence-electron chi connectivity index (χ4n) is 3.37. The molecule has 0 saturated carbocycles. The van der Waals surface area contributed by atoms with Gasteiger partial charge in [-0.25, -0.2) is 9.37 Å². The maximum atomic E-state index is 13.3. The van der Waals surface area contributed by atoms with Crippen LogP contribution >= 0.6 is 0 Å². The molecule has 0 bridgehead atoms. The summed E-state index contributed by atoms with van der Waals surface area (Å²) < 4.78 is 13.3. The summed E-state index contributed by atoms with van der Waals surface area (Å²) >= 11 is 0. The second-order valence-electron chi connectivity index (χ2n) is 6.77. The number of halogens is 1. The molecule has 0 unspecified atom stereocenters. The maximum Gasteiger partial charge on any atom is 0.257 e. The maximum absolute atomic E-state index is 13.3. The van der Waals surface area contributed by atoms with Gasteiger partial charge in [-0.2, -0.15) is 0 Å². The van der Waals surface area contributed by atoms with Crippen LogP contribution in [0.5, 0.6) is 0 Å². The van der Waals surface area contributed by atoms with Crippen molar-refractivity contribution in [1.29, 1.82) is 0 Å². The Kier molecular flexibility index (Phi) is 4.98. The highest BCUT2D eigenvalue weighted by molar-refractivity contribution is 5.33. The average molecular weight is 364 g/mol. The van der Waals surface area contributed by atoms with Crippen LogP contribution in [0.3, 0.4) is 0 Å². The van der Waals surface area contributed by atoms with Crippen LogP contribution < -0.4 is 10.9 Å². The van der Waals surface area contributed by atoms with Gasteiger partial charge in [0.15, 0.2) is 0 Å². The summed E-state index contributed by atoms with van der Waals surface area (Å²) in [4.78, 5) is 22.2. The van der Waals surface area contributed by atoms with E-state index in [1.54, 1.807) is 6.07 Å². The lowest BCUT2D eigenvalue weighted by atomic mass is 10.1. The molecule has 138 valence electrons. The summed E-state index contributed by atoms with van der Waals surface area (Å²) in [6, 6.07) is 16.6. The van der Waals surface area contributed by atoms with E-state index in [1.807, 2.05) is 24.3 Å². The number of benzene rings is 2. The van der Waals surface area contributed by atoms with Crippen LogP contribution in [0, 0.1) is 5.82 Å². The molecule has 0 amide bonds. The summed E-state index contributed by atoms with van der Waals surface area (Å²) in [7, 11) is 0. The number of aromatic nitrogens is 2. The lowest BCUT2D eigenvalue weighted by Crippen LogP contribution is -2.35. The number of fused-ring (bicyclic) bond motifs is 1. The summed E-state index contributed by atoms with van der Waals surface area (Å²) in [5.74, 6) is 0.152. The van der Waals surface area contributed by atoms with E-state index < -0.39 is 0 Å². The van der Waals surface area contributed by atoms with Gasteiger partial charge in [-0.15, -0.1) is 0 Å². The van der Waals surface area contributed by atoms with Gasteiger partial charge in [0.05, 0.1) is 11.3 Å². The lowest BCUT2D eigenvalue weighted by molar-refractivity contribution is 0.242. The molecule has 5 nitrogen and oxygen atoms in total. The normalized spacial score (nSPS) is 14.0. The largest absolute Gasteiger partial charge is 0.352 e. The molecule has 3 aromatic rings. The number of nitrogens with zero attached hydrogens (tertiary/aromatic N) is 2. The quantitative estimate of drug-likeness (QED) is 0.730. The molecule has 0 aliphatic carbocycles. The zero-order valence-corrected chi connectivity index (χ0v) is 14.9. The smallest absolute Gasteiger partial charge is 0.257 e. The van der Waals surface area contributed by atoms with Crippen LogP contribution in [-0.2, 0) is 26.1 Å². The van der Waals surface area contributed by atoms with Gasteiger partial charge in [-0.1, -0.05) is 42.5 Å². The number of hydrogen-bond donors (Lipinski definition) is 2. The van der Waals surface area contributed by atoms with Crippen molar-refractivity contribution in [3.8, 4) is 0 Å². The Morgan fingerprint density at radius 1 is 1.11 bits per heavy atom. The van der Waals surface area contributed by atoms with Crippen LogP contribution in [0.1, 0.15) is 22.4 Å². The second-order valence-corrected chi connectivity index (χ2v) is 6.77. The zero-order chi connectivity index (χ0) is 18.6. The summed E-state index contributed by atoms with van der Waals surface area (Å²) in [5.41, 5.74) is 3.49. The fraction of sp³-hybridized carbons (Fsp3) is 0.238. The summed E-state index contributed by atoms with van der Waals surface area (Å²) in [5, 5.41) is 3.08. The second kappa shape index (κ2) is 7.72. The highest BCUT2D eigenvalue weighted by Crippen LogP contribution is 2.17. The van der Waals surface area contributed by atoms with Crippen molar-refractivity contribution < 1.29 is 4.39 Å².